The minimum absolute atomic E-state index is 0.0412. The van der Waals surface area contributed by atoms with Gasteiger partial charge in [0.15, 0.2) is 0 Å². The van der Waals surface area contributed by atoms with Crippen molar-refractivity contribution in [1.29, 1.82) is 0 Å². The van der Waals surface area contributed by atoms with Crippen molar-refractivity contribution in [2.45, 2.75) is 26.2 Å². The summed E-state index contributed by atoms with van der Waals surface area (Å²) >= 11 is 0. The lowest BCUT2D eigenvalue weighted by atomic mass is 10.0. The smallest absolute Gasteiger partial charge is 0.321 e. The molecule has 0 unspecified atom stereocenters. The molecule has 102 valence electrons. The summed E-state index contributed by atoms with van der Waals surface area (Å²) in [4.78, 5) is 14.1. The number of hydrogen-bond acceptors (Lipinski definition) is 2. The molecule has 19 heavy (non-hydrogen) atoms. The van der Waals surface area contributed by atoms with Gasteiger partial charge < -0.3 is 15.5 Å². The topological polar surface area (TPSA) is 44.4 Å². The second-order valence-electron chi connectivity index (χ2n) is 5.41. The highest BCUT2D eigenvalue weighted by molar-refractivity contribution is 5.90. The van der Waals surface area contributed by atoms with Gasteiger partial charge in [0.05, 0.1) is 0 Å². The largest absolute Gasteiger partial charge is 0.322 e. The molecule has 1 fully saturated rings. The van der Waals surface area contributed by atoms with Gasteiger partial charge in [-0.2, -0.15) is 0 Å². The number of urea groups is 1. The molecule has 0 atom stereocenters. The molecule has 1 saturated heterocycles. The monoisotopic (exact) mass is 259 g/mol. The van der Waals surface area contributed by atoms with E-state index in [1.54, 1.807) is 0 Å². The number of piperazine rings is 1. The highest BCUT2D eigenvalue weighted by atomic mass is 16.2. The van der Waals surface area contributed by atoms with E-state index in [1.807, 2.05) is 4.90 Å². The minimum atomic E-state index is 0.0412. The summed E-state index contributed by atoms with van der Waals surface area (Å²) in [5, 5.41) is 6.36. The van der Waals surface area contributed by atoms with E-state index >= 15 is 0 Å². The van der Waals surface area contributed by atoms with Gasteiger partial charge in [-0.3, -0.25) is 0 Å². The molecule has 1 aromatic rings. The van der Waals surface area contributed by atoms with Crippen molar-refractivity contribution in [3.05, 3.63) is 28.8 Å². The first-order valence-electron chi connectivity index (χ1n) is 7.14. The molecule has 0 bridgehead atoms. The first-order chi connectivity index (χ1) is 9.25. The van der Waals surface area contributed by atoms with Crippen LogP contribution < -0.4 is 10.6 Å². The highest BCUT2D eigenvalue weighted by Gasteiger charge is 2.20. The molecule has 1 aromatic carbocycles. The van der Waals surface area contributed by atoms with Gasteiger partial charge in [0, 0.05) is 31.9 Å². The van der Waals surface area contributed by atoms with Gasteiger partial charge >= 0.3 is 6.03 Å². The molecule has 1 aliphatic heterocycles. The Labute approximate surface area is 114 Å². The fraction of sp³-hybridized carbons (Fsp3) is 0.533. The van der Waals surface area contributed by atoms with Crippen LogP contribution >= 0.6 is 0 Å². The molecule has 2 amide bonds. The lowest BCUT2D eigenvalue weighted by molar-refractivity contribution is 0.204. The van der Waals surface area contributed by atoms with Crippen LogP contribution in [0.1, 0.15) is 23.1 Å². The van der Waals surface area contributed by atoms with E-state index in [4.69, 9.17) is 0 Å². The van der Waals surface area contributed by atoms with Crippen molar-refractivity contribution >= 4 is 11.7 Å². The van der Waals surface area contributed by atoms with Crippen molar-refractivity contribution < 1.29 is 4.79 Å². The normalized spacial score (nSPS) is 18.3. The predicted molar refractivity (Wildman–Crippen MR) is 76.7 cm³/mol. The molecule has 4 heteroatoms. The Hall–Kier alpha value is -1.55. The summed E-state index contributed by atoms with van der Waals surface area (Å²) < 4.78 is 0. The van der Waals surface area contributed by atoms with Crippen molar-refractivity contribution in [3.63, 3.8) is 0 Å². The van der Waals surface area contributed by atoms with E-state index in [9.17, 15) is 4.79 Å². The lowest BCUT2D eigenvalue weighted by Crippen LogP contribution is -2.48. The van der Waals surface area contributed by atoms with Crippen LogP contribution in [0.5, 0.6) is 0 Å². The Morgan fingerprint density at radius 1 is 1.21 bits per heavy atom. The molecule has 3 rings (SSSR count). The number of nitrogens with zero attached hydrogens (tertiary/aromatic N) is 1. The number of carbonyl (C=O) groups is 1. The number of nitrogens with one attached hydrogen (secondary N) is 2. The van der Waals surface area contributed by atoms with Gasteiger partial charge in [0.2, 0.25) is 0 Å². The number of fused-ring (bicyclic) bond motifs is 1. The molecular weight excluding hydrogens is 238 g/mol. The average molecular weight is 259 g/mol. The number of aryl methyl sites for hydroxylation is 1. The van der Waals surface area contributed by atoms with Crippen LogP contribution in [0.25, 0.3) is 0 Å². The first kappa shape index (κ1) is 12.5. The summed E-state index contributed by atoms with van der Waals surface area (Å²) in [6.45, 7) is 5.52. The third-order valence-corrected chi connectivity index (χ3v) is 4.16. The standard InChI is InChI=1S/C15H21N3O/c1-11-5-6-14(13-4-2-3-12(11)13)17-15(19)18-9-7-16-8-10-18/h5-6,16H,2-4,7-10H2,1H3,(H,17,19). The Morgan fingerprint density at radius 3 is 2.74 bits per heavy atom. The van der Waals surface area contributed by atoms with Crippen molar-refractivity contribution in [2.24, 2.45) is 0 Å². The van der Waals surface area contributed by atoms with Gasteiger partial charge in [-0.15, -0.1) is 0 Å². The second kappa shape index (κ2) is 5.21. The molecule has 0 spiro atoms. The Balaban J connectivity index is 1.76. The molecule has 0 radical (unpaired) electrons. The summed E-state index contributed by atoms with van der Waals surface area (Å²) in [6.07, 6.45) is 3.45. The quantitative estimate of drug-likeness (QED) is 0.809. The number of hydrogen-bond donors (Lipinski definition) is 2. The third-order valence-electron chi connectivity index (χ3n) is 4.16. The SMILES string of the molecule is Cc1ccc(NC(=O)N2CCNCC2)c2c1CCC2. The van der Waals surface area contributed by atoms with Crippen molar-refractivity contribution in [2.75, 3.05) is 31.5 Å². The fourth-order valence-corrected chi connectivity index (χ4v) is 3.06. The van der Waals surface area contributed by atoms with Crippen molar-refractivity contribution in [1.82, 2.24) is 10.2 Å². The van der Waals surface area contributed by atoms with Crippen LogP contribution in [0.3, 0.4) is 0 Å². The van der Waals surface area contributed by atoms with Gasteiger partial charge in [-0.05, 0) is 48.9 Å². The number of carbonyl (C=O) groups excluding carboxylic acids is 1. The molecule has 1 heterocycles. The number of benzene rings is 1. The van der Waals surface area contributed by atoms with Crippen LogP contribution in [0.2, 0.25) is 0 Å². The summed E-state index contributed by atoms with van der Waals surface area (Å²) in [5.41, 5.74) is 5.16. The Bertz CT molecular complexity index is 492. The van der Waals surface area contributed by atoms with Crippen LogP contribution in [0.15, 0.2) is 12.1 Å². The summed E-state index contributed by atoms with van der Waals surface area (Å²) in [7, 11) is 0. The van der Waals surface area contributed by atoms with Crippen LogP contribution in [0, 0.1) is 6.92 Å². The molecule has 2 N–H and O–H groups in total. The van der Waals surface area contributed by atoms with Gasteiger partial charge in [-0.1, -0.05) is 6.07 Å². The van der Waals surface area contributed by atoms with Gasteiger partial charge in [-0.25, -0.2) is 4.79 Å². The molecule has 1 aliphatic carbocycles. The zero-order valence-electron chi connectivity index (χ0n) is 11.5. The summed E-state index contributed by atoms with van der Waals surface area (Å²) in [6, 6.07) is 4.22. The van der Waals surface area contributed by atoms with Crippen LogP contribution in [-0.2, 0) is 12.8 Å². The van der Waals surface area contributed by atoms with Gasteiger partial charge in [0.25, 0.3) is 0 Å². The van der Waals surface area contributed by atoms with Gasteiger partial charge in [0.1, 0.15) is 0 Å². The maximum Gasteiger partial charge on any atom is 0.321 e. The lowest BCUT2D eigenvalue weighted by Gasteiger charge is -2.28. The molecular formula is C15H21N3O. The number of rotatable bonds is 1. The van der Waals surface area contributed by atoms with Crippen LogP contribution in [-0.4, -0.2) is 37.1 Å². The predicted octanol–water partition coefficient (Wildman–Crippen LogP) is 1.92. The van der Waals surface area contributed by atoms with E-state index < -0.39 is 0 Å². The van der Waals surface area contributed by atoms with E-state index in [2.05, 4.69) is 29.7 Å². The first-order valence-corrected chi connectivity index (χ1v) is 7.14. The number of amides is 2. The third kappa shape index (κ3) is 2.45. The highest BCUT2D eigenvalue weighted by Crippen LogP contribution is 2.31. The summed E-state index contributed by atoms with van der Waals surface area (Å²) in [5.74, 6) is 0. The fourth-order valence-electron chi connectivity index (χ4n) is 3.06. The average Bonchev–Trinajstić information content (AvgIpc) is 2.93. The van der Waals surface area contributed by atoms with E-state index in [-0.39, 0.29) is 6.03 Å². The molecule has 0 aromatic heterocycles. The zero-order chi connectivity index (χ0) is 13.2. The molecule has 2 aliphatic rings. The minimum Gasteiger partial charge on any atom is -0.322 e. The van der Waals surface area contributed by atoms with Crippen LogP contribution in [0.4, 0.5) is 10.5 Å². The van der Waals surface area contributed by atoms with E-state index in [0.29, 0.717) is 0 Å². The van der Waals surface area contributed by atoms with E-state index in [0.717, 1.165) is 44.7 Å². The second-order valence-corrected chi connectivity index (χ2v) is 5.41. The maximum atomic E-state index is 12.2. The molecule has 0 saturated carbocycles. The zero-order valence-corrected chi connectivity index (χ0v) is 11.5. The Morgan fingerprint density at radius 2 is 1.95 bits per heavy atom. The maximum absolute atomic E-state index is 12.2. The number of anilines is 1. The Kier molecular flexibility index (Phi) is 3.42. The van der Waals surface area contributed by atoms with E-state index in [1.165, 1.54) is 23.1 Å². The molecule has 4 nitrogen and oxygen atoms in total. The van der Waals surface area contributed by atoms with Crippen molar-refractivity contribution in [3.8, 4) is 0 Å².